The van der Waals surface area contributed by atoms with E-state index in [-0.39, 0.29) is 0 Å². The Morgan fingerprint density at radius 2 is 2.17 bits per heavy atom. The van der Waals surface area contributed by atoms with E-state index in [2.05, 4.69) is 19.2 Å². The topological polar surface area (TPSA) is 55.1 Å². The summed E-state index contributed by atoms with van der Waals surface area (Å²) in [7, 11) is 0. The first kappa shape index (κ1) is 14.8. The molecule has 1 aromatic rings. The molecule has 0 radical (unpaired) electrons. The average Bonchev–Trinajstić information content (AvgIpc) is 2.36. The molecular formula is C14H21ClN2O. The van der Waals surface area contributed by atoms with E-state index in [1.807, 2.05) is 6.07 Å². The van der Waals surface area contributed by atoms with Crippen molar-refractivity contribution in [3.05, 3.63) is 28.8 Å². The van der Waals surface area contributed by atoms with Crippen LogP contribution in [0.3, 0.4) is 0 Å². The summed E-state index contributed by atoms with van der Waals surface area (Å²) in [6, 6.07) is 5.73. The Morgan fingerprint density at radius 3 is 2.72 bits per heavy atom. The molecule has 0 aromatic heterocycles. The number of rotatable bonds is 7. The molecule has 1 amide bonds. The molecule has 1 unspecified atom stereocenters. The zero-order chi connectivity index (χ0) is 13.5. The van der Waals surface area contributed by atoms with E-state index in [1.54, 1.807) is 12.1 Å². The number of anilines is 1. The van der Waals surface area contributed by atoms with E-state index >= 15 is 0 Å². The zero-order valence-electron chi connectivity index (χ0n) is 11.0. The van der Waals surface area contributed by atoms with Gasteiger partial charge < -0.3 is 11.1 Å². The second-order valence-corrected chi connectivity index (χ2v) is 4.86. The molecule has 0 fully saturated rings. The van der Waals surface area contributed by atoms with Crippen LogP contribution in [0.5, 0.6) is 0 Å². The van der Waals surface area contributed by atoms with Crippen LogP contribution in [0.25, 0.3) is 0 Å². The lowest BCUT2D eigenvalue weighted by Crippen LogP contribution is -2.19. The Bertz CT molecular complexity index is 407. The van der Waals surface area contributed by atoms with Crippen molar-refractivity contribution in [2.45, 2.75) is 45.6 Å². The number of amides is 1. The number of primary amides is 1. The minimum absolute atomic E-state index is 0.368. The molecule has 0 spiro atoms. The van der Waals surface area contributed by atoms with Gasteiger partial charge in [-0.15, -0.1) is 0 Å². The number of unbranched alkanes of at least 4 members (excludes halogenated alkanes) is 1. The van der Waals surface area contributed by atoms with Crippen molar-refractivity contribution in [3.63, 3.8) is 0 Å². The molecule has 0 saturated carbocycles. The molecule has 3 N–H and O–H groups in total. The molecule has 3 nitrogen and oxygen atoms in total. The Kier molecular flexibility index (Phi) is 5.99. The molecule has 0 aliphatic rings. The number of nitrogens with one attached hydrogen (secondary N) is 1. The third-order valence-corrected chi connectivity index (χ3v) is 3.33. The van der Waals surface area contributed by atoms with Crippen LogP contribution in [0.2, 0.25) is 5.02 Å². The maximum Gasteiger partial charge on any atom is 0.250 e. The Labute approximate surface area is 114 Å². The largest absolute Gasteiger partial charge is 0.382 e. The van der Waals surface area contributed by atoms with Gasteiger partial charge in [0, 0.05) is 11.7 Å². The Morgan fingerprint density at radius 1 is 1.44 bits per heavy atom. The highest BCUT2D eigenvalue weighted by molar-refractivity contribution is 6.33. The number of carbonyl (C=O) groups excluding carboxylic acids is 1. The van der Waals surface area contributed by atoms with Crippen LogP contribution in [0.15, 0.2) is 18.2 Å². The Hall–Kier alpha value is -1.22. The number of nitrogens with two attached hydrogens (primary N) is 1. The number of carbonyl (C=O) groups is 1. The van der Waals surface area contributed by atoms with Gasteiger partial charge >= 0.3 is 0 Å². The molecule has 0 bridgehead atoms. The molecule has 0 aliphatic heterocycles. The molecule has 1 aromatic carbocycles. The summed E-state index contributed by atoms with van der Waals surface area (Å²) in [5.74, 6) is -0.495. The first-order valence-electron chi connectivity index (χ1n) is 6.44. The maximum absolute atomic E-state index is 11.2. The highest BCUT2D eigenvalue weighted by Gasteiger charge is 2.10. The standard InChI is InChI=1S/C14H21ClN2O/c1-3-5-6-10(4-2)17-11-7-8-13(15)12(9-11)14(16)18/h7-10,17H,3-6H2,1-2H3,(H2,16,18). The van der Waals surface area contributed by atoms with Crippen LogP contribution in [-0.4, -0.2) is 11.9 Å². The quantitative estimate of drug-likeness (QED) is 0.790. The van der Waals surface area contributed by atoms with Crippen LogP contribution in [-0.2, 0) is 0 Å². The van der Waals surface area contributed by atoms with Crippen molar-refractivity contribution < 1.29 is 4.79 Å². The van der Waals surface area contributed by atoms with E-state index in [0.717, 1.165) is 18.5 Å². The minimum Gasteiger partial charge on any atom is -0.382 e. The van der Waals surface area contributed by atoms with Gasteiger partial charge in [0.15, 0.2) is 0 Å². The van der Waals surface area contributed by atoms with Gasteiger partial charge in [-0.25, -0.2) is 0 Å². The molecule has 18 heavy (non-hydrogen) atoms. The van der Waals surface area contributed by atoms with Crippen LogP contribution in [0, 0.1) is 0 Å². The third kappa shape index (κ3) is 4.22. The van der Waals surface area contributed by atoms with Crippen LogP contribution >= 0.6 is 11.6 Å². The first-order chi connectivity index (χ1) is 8.58. The molecule has 1 rings (SSSR count). The van der Waals surface area contributed by atoms with E-state index in [4.69, 9.17) is 17.3 Å². The fourth-order valence-electron chi connectivity index (χ4n) is 1.87. The molecule has 1 atom stereocenters. The fourth-order valence-corrected chi connectivity index (χ4v) is 2.08. The van der Waals surface area contributed by atoms with Crippen LogP contribution in [0.4, 0.5) is 5.69 Å². The molecule has 0 saturated heterocycles. The summed E-state index contributed by atoms with van der Waals surface area (Å²) in [6.07, 6.45) is 4.56. The van der Waals surface area contributed by atoms with Gasteiger partial charge in [-0.3, -0.25) is 4.79 Å². The first-order valence-corrected chi connectivity index (χ1v) is 6.82. The van der Waals surface area contributed by atoms with Crippen molar-refractivity contribution in [1.29, 1.82) is 0 Å². The fraction of sp³-hybridized carbons (Fsp3) is 0.500. The molecule has 0 aliphatic carbocycles. The maximum atomic E-state index is 11.2. The lowest BCUT2D eigenvalue weighted by molar-refractivity contribution is 0.100. The van der Waals surface area contributed by atoms with E-state index < -0.39 is 5.91 Å². The van der Waals surface area contributed by atoms with Gasteiger partial charge in [0.1, 0.15) is 0 Å². The summed E-state index contributed by atoms with van der Waals surface area (Å²) in [4.78, 5) is 11.2. The van der Waals surface area contributed by atoms with Gasteiger partial charge in [0.2, 0.25) is 5.91 Å². The lowest BCUT2D eigenvalue weighted by Gasteiger charge is -2.18. The second kappa shape index (κ2) is 7.27. The highest BCUT2D eigenvalue weighted by atomic mass is 35.5. The van der Waals surface area contributed by atoms with E-state index in [9.17, 15) is 4.79 Å². The summed E-state index contributed by atoms with van der Waals surface area (Å²) >= 11 is 5.92. The van der Waals surface area contributed by atoms with Crippen molar-refractivity contribution in [1.82, 2.24) is 0 Å². The average molecular weight is 269 g/mol. The van der Waals surface area contributed by atoms with E-state index in [1.165, 1.54) is 12.8 Å². The SMILES string of the molecule is CCCCC(CC)Nc1ccc(Cl)c(C(N)=O)c1. The summed E-state index contributed by atoms with van der Waals surface area (Å²) < 4.78 is 0. The predicted octanol–water partition coefficient (Wildman–Crippen LogP) is 3.82. The smallest absolute Gasteiger partial charge is 0.250 e. The van der Waals surface area contributed by atoms with Crippen LogP contribution in [0.1, 0.15) is 49.9 Å². The molecular weight excluding hydrogens is 248 g/mol. The van der Waals surface area contributed by atoms with Crippen molar-refractivity contribution in [2.24, 2.45) is 5.73 Å². The van der Waals surface area contributed by atoms with Crippen molar-refractivity contribution in [3.8, 4) is 0 Å². The van der Waals surface area contributed by atoms with Crippen molar-refractivity contribution >= 4 is 23.2 Å². The molecule has 100 valence electrons. The third-order valence-electron chi connectivity index (χ3n) is 3.00. The zero-order valence-corrected chi connectivity index (χ0v) is 11.8. The number of hydrogen-bond acceptors (Lipinski definition) is 2. The molecule has 4 heteroatoms. The van der Waals surface area contributed by atoms with Crippen LogP contribution < -0.4 is 11.1 Å². The van der Waals surface area contributed by atoms with Crippen molar-refractivity contribution in [2.75, 3.05) is 5.32 Å². The van der Waals surface area contributed by atoms with Gasteiger partial charge in [-0.1, -0.05) is 38.3 Å². The number of halogens is 1. The van der Waals surface area contributed by atoms with Gasteiger partial charge in [0.25, 0.3) is 0 Å². The van der Waals surface area contributed by atoms with Gasteiger partial charge in [-0.2, -0.15) is 0 Å². The normalized spacial score (nSPS) is 12.2. The summed E-state index contributed by atoms with van der Waals surface area (Å²) in [5.41, 5.74) is 6.54. The van der Waals surface area contributed by atoms with E-state index in [0.29, 0.717) is 16.6 Å². The molecule has 0 heterocycles. The lowest BCUT2D eigenvalue weighted by atomic mass is 10.1. The number of hydrogen-bond donors (Lipinski definition) is 2. The van der Waals surface area contributed by atoms with Gasteiger partial charge in [0.05, 0.1) is 10.6 Å². The van der Waals surface area contributed by atoms with Gasteiger partial charge in [-0.05, 0) is 31.0 Å². The minimum atomic E-state index is -0.495. The summed E-state index contributed by atoms with van der Waals surface area (Å²) in [5, 5.41) is 3.82. The second-order valence-electron chi connectivity index (χ2n) is 4.45. The predicted molar refractivity (Wildman–Crippen MR) is 77.2 cm³/mol. The summed E-state index contributed by atoms with van der Waals surface area (Å²) in [6.45, 7) is 4.33. The number of benzene rings is 1. The Balaban J connectivity index is 2.77. The highest BCUT2D eigenvalue weighted by Crippen LogP contribution is 2.21. The monoisotopic (exact) mass is 268 g/mol.